The molecule has 0 radical (unpaired) electrons. The zero-order valence-electron chi connectivity index (χ0n) is 19.1. The minimum atomic E-state index is -4.00. The molecule has 0 aliphatic carbocycles. The van der Waals surface area contributed by atoms with Gasteiger partial charge >= 0.3 is 0 Å². The molecule has 0 saturated carbocycles. The van der Waals surface area contributed by atoms with Gasteiger partial charge in [-0.25, -0.2) is 8.42 Å². The number of ether oxygens (including phenoxy) is 3. The molecular formula is C22H24N4O7S. The highest BCUT2D eigenvalue weighted by atomic mass is 32.2. The highest BCUT2D eigenvalue weighted by molar-refractivity contribution is 7.92. The van der Waals surface area contributed by atoms with Crippen molar-refractivity contribution >= 4 is 27.3 Å². The van der Waals surface area contributed by atoms with Crippen LogP contribution in [0.3, 0.4) is 0 Å². The molecule has 1 aliphatic heterocycles. The van der Waals surface area contributed by atoms with Crippen molar-refractivity contribution in [3.05, 3.63) is 47.6 Å². The van der Waals surface area contributed by atoms with Gasteiger partial charge in [-0.2, -0.15) is 4.98 Å². The smallest absolute Gasteiger partial charge is 0.265 e. The van der Waals surface area contributed by atoms with E-state index in [9.17, 15) is 13.2 Å². The van der Waals surface area contributed by atoms with E-state index in [4.69, 9.17) is 18.7 Å². The molecule has 2 aromatic carbocycles. The first kappa shape index (κ1) is 23.4. The fourth-order valence-corrected chi connectivity index (χ4v) is 4.79. The fraction of sp³-hybridized carbons (Fsp3) is 0.318. The largest absolute Gasteiger partial charge is 0.497 e. The number of aryl methyl sites for hydroxylation is 2. The molecule has 0 spiro atoms. The second-order valence-corrected chi connectivity index (χ2v) is 9.17. The Morgan fingerprint density at radius 3 is 2.44 bits per heavy atom. The molecule has 1 N–H and O–H groups in total. The number of nitrogens with one attached hydrogen (secondary N) is 1. The number of rotatable bonds is 8. The van der Waals surface area contributed by atoms with Crippen molar-refractivity contribution in [1.29, 1.82) is 0 Å². The number of benzene rings is 2. The Labute approximate surface area is 196 Å². The van der Waals surface area contributed by atoms with Gasteiger partial charge in [0.25, 0.3) is 15.9 Å². The van der Waals surface area contributed by atoms with Crippen molar-refractivity contribution in [2.45, 2.75) is 31.7 Å². The molecule has 11 nitrogen and oxygen atoms in total. The van der Waals surface area contributed by atoms with Crippen LogP contribution in [0.5, 0.6) is 17.2 Å². The summed E-state index contributed by atoms with van der Waals surface area (Å²) < 4.78 is 50.1. The van der Waals surface area contributed by atoms with E-state index in [1.165, 1.54) is 25.2 Å². The molecule has 0 atom stereocenters. The lowest BCUT2D eigenvalue weighted by Crippen LogP contribution is -2.38. The minimum absolute atomic E-state index is 0.00941. The van der Waals surface area contributed by atoms with Crippen LogP contribution in [0.2, 0.25) is 0 Å². The number of methoxy groups -OCH3 is 2. The van der Waals surface area contributed by atoms with E-state index in [0.29, 0.717) is 40.9 Å². The van der Waals surface area contributed by atoms with Crippen LogP contribution in [-0.2, 0) is 27.8 Å². The third kappa shape index (κ3) is 4.62. The van der Waals surface area contributed by atoms with Crippen molar-refractivity contribution < 1.29 is 31.9 Å². The van der Waals surface area contributed by atoms with Gasteiger partial charge in [-0.15, -0.1) is 0 Å². The Morgan fingerprint density at radius 1 is 1.12 bits per heavy atom. The number of carbonyl (C=O) groups is 1. The number of sulfonamides is 1. The number of hydrogen-bond acceptors (Lipinski definition) is 9. The highest BCUT2D eigenvalue weighted by Gasteiger charge is 2.30. The molecule has 12 heteroatoms. The topological polar surface area (TPSA) is 133 Å². The average molecular weight is 489 g/mol. The first-order valence-corrected chi connectivity index (χ1v) is 11.9. The van der Waals surface area contributed by atoms with Gasteiger partial charge < -0.3 is 18.7 Å². The summed E-state index contributed by atoms with van der Waals surface area (Å²) in [6.45, 7) is 3.36. The lowest BCUT2D eigenvalue weighted by Gasteiger charge is -2.29. The van der Waals surface area contributed by atoms with Crippen molar-refractivity contribution in [3.8, 4) is 17.2 Å². The molecule has 2 heterocycles. The monoisotopic (exact) mass is 488 g/mol. The number of carbonyl (C=O) groups excluding carboxylic acids is 1. The van der Waals surface area contributed by atoms with Gasteiger partial charge in [0.05, 0.1) is 37.0 Å². The summed E-state index contributed by atoms with van der Waals surface area (Å²) in [6.07, 6.45) is 0.577. The molecule has 1 aliphatic rings. The molecular weight excluding hydrogens is 464 g/mol. The molecule has 1 amide bonds. The first-order chi connectivity index (χ1) is 16.2. The second-order valence-electron chi connectivity index (χ2n) is 7.52. The molecule has 0 unspecified atom stereocenters. The summed E-state index contributed by atoms with van der Waals surface area (Å²) in [7, 11) is -1.05. The molecule has 0 saturated heterocycles. The molecule has 0 bridgehead atoms. The number of amides is 1. The predicted molar refractivity (Wildman–Crippen MR) is 122 cm³/mol. The molecule has 3 aromatic rings. The van der Waals surface area contributed by atoms with Gasteiger partial charge in [0.15, 0.2) is 12.4 Å². The minimum Gasteiger partial charge on any atom is -0.497 e. The predicted octanol–water partition coefficient (Wildman–Crippen LogP) is 2.68. The van der Waals surface area contributed by atoms with E-state index in [1.54, 1.807) is 31.2 Å². The van der Waals surface area contributed by atoms with E-state index < -0.39 is 10.0 Å². The normalized spacial score (nSPS) is 13.3. The number of hydrogen-bond donors (Lipinski definition) is 1. The van der Waals surface area contributed by atoms with Gasteiger partial charge in [0.2, 0.25) is 5.89 Å². The van der Waals surface area contributed by atoms with Crippen molar-refractivity contribution in [3.63, 3.8) is 0 Å². The zero-order valence-corrected chi connectivity index (χ0v) is 19.9. The average Bonchev–Trinajstić information content (AvgIpc) is 3.27. The standard InChI is InChI=1S/C22H24N4O7S/c1-5-21-23-20(24-33-21)11-26-17-6-13(2)19(10-18(17)32-12-22(26)27)34(28,29)25-14-7-15(30-3)9-16(8-14)31-4/h6-10,25H,5,11-12H2,1-4H3. The maximum atomic E-state index is 13.2. The lowest BCUT2D eigenvalue weighted by atomic mass is 10.1. The Morgan fingerprint density at radius 2 is 1.82 bits per heavy atom. The SMILES string of the molecule is CCc1nc(CN2C(=O)COc3cc(S(=O)(=O)Nc4cc(OC)cc(OC)c4)c(C)cc32)no1. The van der Waals surface area contributed by atoms with Crippen molar-refractivity contribution in [2.24, 2.45) is 0 Å². The summed E-state index contributed by atoms with van der Waals surface area (Å²) in [6, 6.07) is 7.71. The molecule has 0 fully saturated rings. The first-order valence-electron chi connectivity index (χ1n) is 10.4. The van der Waals surface area contributed by atoms with Crippen LogP contribution in [0.4, 0.5) is 11.4 Å². The van der Waals surface area contributed by atoms with E-state index in [2.05, 4.69) is 14.9 Å². The highest BCUT2D eigenvalue weighted by Crippen LogP contribution is 2.38. The number of fused-ring (bicyclic) bond motifs is 1. The lowest BCUT2D eigenvalue weighted by molar-refractivity contribution is -0.121. The number of anilines is 2. The van der Waals surface area contributed by atoms with E-state index in [1.807, 2.05) is 6.92 Å². The fourth-order valence-electron chi connectivity index (χ4n) is 3.51. The Balaban J connectivity index is 1.66. The van der Waals surface area contributed by atoms with Gasteiger partial charge in [-0.3, -0.25) is 14.4 Å². The van der Waals surface area contributed by atoms with E-state index >= 15 is 0 Å². The molecule has 1 aromatic heterocycles. The second kappa shape index (κ2) is 9.21. The Hall–Kier alpha value is -3.80. The third-order valence-electron chi connectivity index (χ3n) is 5.20. The maximum absolute atomic E-state index is 13.2. The van der Waals surface area contributed by atoms with Crippen LogP contribution in [0.1, 0.15) is 24.2 Å². The summed E-state index contributed by atoms with van der Waals surface area (Å²) in [4.78, 5) is 18.3. The summed E-state index contributed by atoms with van der Waals surface area (Å²) in [5, 5.41) is 3.90. The van der Waals surface area contributed by atoms with Crippen LogP contribution >= 0.6 is 0 Å². The summed E-state index contributed by atoms with van der Waals surface area (Å²) in [5.74, 6) is 1.64. The van der Waals surface area contributed by atoms with Crippen LogP contribution in [0, 0.1) is 6.92 Å². The van der Waals surface area contributed by atoms with Crippen LogP contribution in [0.15, 0.2) is 39.8 Å². The molecule has 4 rings (SSSR count). The van der Waals surface area contributed by atoms with Crippen molar-refractivity contribution in [2.75, 3.05) is 30.4 Å². The molecule has 34 heavy (non-hydrogen) atoms. The van der Waals surface area contributed by atoms with Crippen LogP contribution in [0.25, 0.3) is 0 Å². The third-order valence-corrected chi connectivity index (χ3v) is 6.73. The number of aromatic nitrogens is 2. The van der Waals surface area contributed by atoms with Gasteiger partial charge in [0.1, 0.15) is 17.2 Å². The zero-order chi connectivity index (χ0) is 24.5. The van der Waals surface area contributed by atoms with E-state index in [-0.39, 0.29) is 35.4 Å². The summed E-state index contributed by atoms with van der Waals surface area (Å²) in [5.41, 5.74) is 1.13. The Kier molecular flexibility index (Phi) is 6.33. The van der Waals surface area contributed by atoms with Gasteiger partial charge in [-0.1, -0.05) is 12.1 Å². The van der Waals surface area contributed by atoms with Gasteiger partial charge in [-0.05, 0) is 18.6 Å². The van der Waals surface area contributed by atoms with Crippen LogP contribution in [-0.4, -0.2) is 45.3 Å². The molecule has 180 valence electrons. The number of nitrogens with zero attached hydrogens (tertiary/aromatic N) is 3. The van der Waals surface area contributed by atoms with Crippen LogP contribution < -0.4 is 23.8 Å². The maximum Gasteiger partial charge on any atom is 0.265 e. The van der Waals surface area contributed by atoms with E-state index in [0.717, 1.165) is 0 Å². The summed E-state index contributed by atoms with van der Waals surface area (Å²) >= 11 is 0. The Bertz CT molecular complexity index is 1310. The quantitative estimate of drug-likeness (QED) is 0.508. The van der Waals surface area contributed by atoms with Gasteiger partial charge in [0, 0.05) is 30.7 Å². The van der Waals surface area contributed by atoms with Crippen molar-refractivity contribution in [1.82, 2.24) is 10.1 Å².